The van der Waals surface area contributed by atoms with E-state index >= 15 is 0 Å². The molecule has 6 heteroatoms. The zero-order valence-corrected chi connectivity index (χ0v) is 12.1. The molecule has 0 bridgehead atoms. The third kappa shape index (κ3) is 5.21. The molecule has 1 atom stereocenters. The largest absolute Gasteiger partial charge is 0.573 e. The predicted molar refractivity (Wildman–Crippen MR) is 75.1 cm³/mol. The van der Waals surface area contributed by atoms with Crippen LogP contribution < -0.4 is 10.1 Å². The van der Waals surface area contributed by atoms with E-state index in [-0.39, 0.29) is 5.75 Å². The number of hydrogen-bond acceptors (Lipinski definition) is 3. The summed E-state index contributed by atoms with van der Waals surface area (Å²) in [6, 6.07) is 6.67. The Hall–Kier alpha value is -1.27. The molecule has 2 rings (SSSR count). The summed E-state index contributed by atoms with van der Waals surface area (Å²) in [6.45, 7) is 5.56. The van der Waals surface area contributed by atoms with Gasteiger partial charge < -0.3 is 10.1 Å². The molecule has 3 nitrogen and oxygen atoms in total. The predicted octanol–water partition coefficient (Wildman–Crippen LogP) is 3.16. The van der Waals surface area contributed by atoms with Crippen LogP contribution in [0.3, 0.4) is 0 Å². The Morgan fingerprint density at radius 1 is 1.38 bits per heavy atom. The lowest BCUT2D eigenvalue weighted by Crippen LogP contribution is -2.45. The van der Waals surface area contributed by atoms with Crippen LogP contribution in [0.1, 0.15) is 25.3 Å². The number of nitrogens with one attached hydrogen (secondary N) is 1. The first-order valence-electron chi connectivity index (χ1n) is 7.27. The normalized spacial score (nSPS) is 19.8. The minimum Gasteiger partial charge on any atom is -0.406 e. The maximum absolute atomic E-state index is 12.3. The summed E-state index contributed by atoms with van der Waals surface area (Å²) >= 11 is 0. The molecule has 1 fully saturated rings. The summed E-state index contributed by atoms with van der Waals surface area (Å²) in [5, 5.41) is 3.36. The Balaban J connectivity index is 2.01. The van der Waals surface area contributed by atoms with Crippen LogP contribution in [0.5, 0.6) is 5.75 Å². The lowest BCUT2D eigenvalue weighted by molar-refractivity contribution is -0.274. The first kappa shape index (κ1) is 16.1. The van der Waals surface area contributed by atoms with Gasteiger partial charge in [0.15, 0.2) is 0 Å². The molecular formula is C15H21F3N2O. The van der Waals surface area contributed by atoms with Crippen molar-refractivity contribution >= 4 is 0 Å². The number of ether oxygens (including phenoxy) is 1. The summed E-state index contributed by atoms with van der Waals surface area (Å²) < 4.78 is 40.7. The van der Waals surface area contributed by atoms with Crippen LogP contribution in [0.25, 0.3) is 0 Å². The smallest absolute Gasteiger partial charge is 0.406 e. The molecule has 1 N–H and O–H groups in total. The third-order valence-corrected chi connectivity index (χ3v) is 3.71. The molecule has 21 heavy (non-hydrogen) atoms. The molecule has 1 aromatic carbocycles. The van der Waals surface area contributed by atoms with Gasteiger partial charge in [0.1, 0.15) is 5.75 Å². The van der Waals surface area contributed by atoms with Gasteiger partial charge >= 0.3 is 6.36 Å². The van der Waals surface area contributed by atoms with E-state index in [9.17, 15) is 13.2 Å². The highest BCUT2D eigenvalue weighted by molar-refractivity contribution is 5.28. The molecule has 1 aromatic rings. The summed E-state index contributed by atoms with van der Waals surface area (Å²) in [5.41, 5.74) is 0.837. The molecule has 1 saturated heterocycles. The number of alkyl halides is 3. The Kier molecular flexibility index (Phi) is 5.47. The van der Waals surface area contributed by atoms with Crippen molar-refractivity contribution in [2.24, 2.45) is 0 Å². The zero-order chi connectivity index (χ0) is 15.3. The average molecular weight is 302 g/mol. The SMILES string of the molecule is CCN(Cc1cccc(OC(F)(F)F)c1)C1CCCNC1. The van der Waals surface area contributed by atoms with E-state index in [0.717, 1.165) is 38.0 Å². The number of halogens is 3. The minimum atomic E-state index is -4.64. The number of benzene rings is 1. The van der Waals surface area contributed by atoms with Crippen LogP contribution in [0.2, 0.25) is 0 Å². The fraction of sp³-hybridized carbons (Fsp3) is 0.600. The Morgan fingerprint density at radius 2 is 2.19 bits per heavy atom. The second kappa shape index (κ2) is 7.13. The molecule has 1 aliphatic rings. The average Bonchev–Trinajstić information content (AvgIpc) is 2.44. The van der Waals surface area contributed by atoms with Crippen molar-refractivity contribution in [3.8, 4) is 5.75 Å². The van der Waals surface area contributed by atoms with Crippen molar-refractivity contribution in [3.63, 3.8) is 0 Å². The number of nitrogens with zero attached hydrogens (tertiary/aromatic N) is 1. The molecule has 0 aromatic heterocycles. The summed E-state index contributed by atoms with van der Waals surface area (Å²) in [7, 11) is 0. The van der Waals surface area contributed by atoms with E-state index in [2.05, 4.69) is 21.9 Å². The van der Waals surface area contributed by atoms with Crippen molar-refractivity contribution < 1.29 is 17.9 Å². The maximum atomic E-state index is 12.3. The number of rotatable bonds is 5. The lowest BCUT2D eigenvalue weighted by Gasteiger charge is -2.34. The van der Waals surface area contributed by atoms with Gasteiger partial charge in [0.05, 0.1) is 0 Å². The molecule has 1 unspecified atom stereocenters. The Labute approximate surface area is 123 Å². The summed E-state index contributed by atoms with van der Waals surface area (Å²) in [4.78, 5) is 2.29. The minimum absolute atomic E-state index is 0.155. The molecule has 0 radical (unpaired) electrons. The van der Waals surface area contributed by atoms with E-state index in [1.807, 2.05) is 6.07 Å². The van der Waals surface area contributed by atoms with Crippen molar-refractivity contribution in [1.29, 1.82) is 0 Å². The van der Waals surface area contributed by atoms with E-state index in [1.54, 1.807) is 6.07 Å². The van der Waals surface area contributed by atoms with Crippen molar-refractivity contribution in [1.82, 2.24) is 10.2 Å². The molecule has 1 heterocycles. The molecule has 0 amide bonds. The fourth-order valence-corrected chi connectivity index (χ4v) is 2.72. The highest BCUT2D eigenvalue weighted by Gasteiger charge is 2.31. The van der Waals surface area contributed by atoms with Crippen molar-refractivity contribution in [2.75, 3.05) is 19.6 Å². The van der Waals surface area contributed by atoms with Crippen LogP contribution in [0.4, 0.5) is 13.2 Å². The standard InChI is InChI=1S/C15H21F3N2O/c1-2-20(13-6-4-8-19-10-13)11-12-5-3-7-14(9-12)21-15(16,17)18/h3,5,7,9,13,19H,2,4,6,8,10-11H2,1H3. The van der Waals surface area contributed by atoms with E-state index < -0.39 is 6.36 Å². The fourth-order valence-electron chi connectivity index (χ4n) is 2.72. The molecular weight excluding hydrogens is 281 g/mol. The highest BCUT2D eigenvalue weighted by atomic mass is 19.4. The monoisotopic (exact) mass is 302 g/mol. The summed E-state index contributed by atoms with van der Waals surface area (Å²) in [6.07, 6.45) is -2.38. The molecule has 0 aliphatic carbocycles. The molecule has 0 saturated carbocycles. The van der Waals surface area contributed by atoms with E-state index in [0.29, 0.717) is 12.6 Å². The van der Waals surface area contributed by atoms with Crippen LogP contribution in [0.15, 0.2) is 24.3 Å². The second-order valence-corrected chi connectivity index (χ2v) is 5.26. The van der Waals surface area contributed by atoms with Gasteiger partial charge in [0.25, 0.3) is 0 Å². The number of likely N-dealkylation sites (N-methyl/N-ethyl adjacent to an activating group) is 1. The van der Waals surface area contributed by atoms with Crippen LogP contribution in [-0.2, 0) is 6.54 Å². The van der Waals surface area contributed by atoms with Gasteiger partial charge in [-0.2, -0.15) is 0 Å². The Morgan fingerprint density at radius 3 is 2.81 bits per heavy atom. The first-order valence-corrected chi connectivity index (χ1v) is 7.27. The van der Waals surface area contributed by atoms with Gasteiger partial charge in [-0.05, 0) is 43.6 Å². The van der Waals surface area contributed by atoms with Crippen LogP contribution >= 0.6 is 0 Å². The zero-order valence-electron chi connectivity index (χ0n) is 12.1. The molecule has 1 aliphatic heterocycles. The van der Waals surface area contributed by atoms with Crippen molar-refractivity contribution in [2.45, 2.75) is 38.7 Å². The lowest BCUT2D eigenvalue weighted by atomic mass is 10.0. The Bertz CT molecular complexity index is 445. The second-order valence-electron chi connectivity index (χ2n) is 5.26. The van der Waals surface area contributed by atoms with Crippen LogP contribution in [0, 0.1) is 0 Å². The summed E-state index contributed by atoms with van der Waals surface area (Å²) in [5.74, 6) is -0.155. The quantitative estimate of drug-likeness (QED) is 0.904. The van der Waals surface area contributed by atoms with Gasteiger partial charge in [-0.3, -0.25) is 4.90 Å². The molecule has 0 spiro atoms. The molecule has 118 valence electrons. The first-order chi connectivity index (χ1) is 9.98. The van der Waals surface area contributed by atoms with E-state index in [1.165, 1.54) is 12.1 Å². The van der Waals surface area contributed by atoms with Gasteiger partial charge in [0, 0.05) is 19.1 Å². The van der Waals surface area contributed by atoms with Gasteiger partial charge in [0.2, 0.25) is 0 Å². The number of piperidine rings is 1. The topological polar surface area (TPSA) is 24.5 Å². The third-order valence-electron chi connectivity index (χ3n) is 3.71. The van der Waals surface area contributed by atoms with Gasteiger partial charge in [-0.1, -0.05) is 19.1 Å². The number of hydrogen-bond donors (Lipinski definition) is 1. The van der Waals surface area contributed by atoms with Crippen LogP contribution in [-0.4, -0.2) is 36.9 Å². The maximum Gasteiger partial charge on any atom is 0.573 e. The van der Waals surface area contributed by atoms with E-state index in [4.69, 9.17) is 0 Å². The van der Waals surface area contributed by atoms with Crippen molar-refractivity contribution in [3.05, 3.63) is 29.8 Å². The highest BCUT2D eigenvalue weighted by Crippen LogP contribution is 2.24. The van der Waals surface area contributed by atoms with Gasteiger partial charge in [-0.25, -0.2) is 0 Å². The van der Waals surface area contributed by atoms with Gasteiger partial charge in [-0.15, -0.1) is 13.2 Å².